The van der Waals surface area contributed by atoms with Gasteiger partial charge in [-0.2, -0.15) is 0 Å². The van der Waals surface area contributed by atoms with Gasteiger partial charge in [-0.3, -0.25) is 4.79 Å². The minimum atomic E-state index is -4.08. The third-order valence-electron chi connectivity index (χ3n) is 13.6. The van der Waals surface area contributed by atoms with E-state index >= 15 is 8.78 Å². The summed E-state index contributed by atoms with van der Waals surface area (Å²) < 4.78 is 69.2. The number of rotatable bonds is 15. The van der Waals surface area contributed by atoms with Gasteiger partial charge >= 0.3 is 6.09 Å². The number of ether oxygens (including phenoxy) is 2. The Morgan fingerprint density at radius 1 is 0.949 bits per heavy atom. The molecule has 0 spiro atoms. The standard InChI is InChI=1S/C45H57F2N5O6S.H2/c1-5-42(53)48-35-12-7-13-36(27-35)59(55,56)37-16-17-41(39(47)28-37)52-30-44(31-52,58-4)29-51-23-18-32(19-24-51)45(20-25-50-21-9-22-50,33-10-6-11-34(46)26-33)38-14-8-15-40(38)49(2)43(54)57-3;/h5-7,10-13,16-17,26-28,32,38,40H,1,8-9,14-15,18-25,29-31H2,2-4H3,(H,48,53);1H/t38-,40-,45-;/m0./s1. The fourth-order valence-electron chi connectivity index (χ4n) is 10.4. The molecule has 2 amide bonds. The molecule has 7 rings (SSSR count). The Hall–Kier alpha value is -4.37. The van der Waals surface area contributed by atoms with Gasteiger partial charge < -0.3 is 34.4 Å². The molecule has 1 saturated carbocycles. The van der Waals surface area contributed by atoms with E-state index in [1.54, 1.807) is 24.1 Å². The summed E-state index contributed by atoms with van der Waals surface area (Å²) in [4.78, 5) is 33.0. The maximum Gasteiger partial charge on any atom is 0.409 e. The zero-order chi connectivity index (χ0) is 42.0. The highest BCUT2D eigenvalue weighted by Crippen LogP contribution is 2.54. The molecule has 11 nitrogen and oxygen atoms in total. The van der Waals surface area contributed by atoms with E-state index in [-0.39, 0.29) is 52.1 Å². The molecule has 59 heavy (non-hydrogen) atoms. The van der Waals surface area contributed by atoms with Crippen molar-refractivity contribution in [3.8, 4) is 0 Å². The van der Waals surface area contributed by atoms with Crippen LogP contribution in [0.5, 0.6) is 0 Å². The minimum Gasteiger partial charge on any atom is -0.453 e. The van der Waals surface area contributed by atoms with E-state index in [4.69, 9.17) is 9.47 Å². The molecule has 3 aliphatic heterocycles. The summed E-state index contributed by atoms with van der Waals surface area (Å²) in [5.41, 5.74) is 0.721. The van der Waals surface area contributed by atoms with Crippen LogP contribution in [-0.2, 0) is 29.5 Å². The Morgan fingerprint density at radius 3 is 2.32 bits per heavy atom. The van der Waals surface area contributed by atoms with Crippen LogP contribution in [0, 0.1) is 23.5 Å². The highest BCUT2D eigenvalue weighted by atomic mass is 32.2. The summed E-state index contributed by atoms with van der Waals surface area (Å²) in [6.45, 7) is 9.65. The van der Waals surface area contributed by atoms with E-state index in [2.05, 4.69) is 27.8 Å². The van der Waals surface area contributed by atoms with Crippen LogP contribution in [0.1, 0.15) is 51.9 Å². The summed E-state index contributed by atoms with van der Waals surface area (Å²) in [6, 6.07) is 16.9. The number of anilines is 2. The zero-order valence-corrected chi connectivity index (χ0v) is 35.2. The van der Waals surface area contributed by atoms with Crippen molar-refractivity contribution in [2.24, 2.45) is 11.8 Å². The lowest BCUT2D eigenvalue weighted by Gasteiger charge is -2.55. The van der Waals surface area contributed by atoms with Crippen LogP contribution in [0.15, 0.2) is 89.2 Å². The Balaban J connectivity index is 0.00000604. The van der Waals surface area contributed by atoms with E-state index in [9.17, 15) is 18.0 Å². The second kappa shape index (κ2) is 17.7. The smallest absolute Gasteiger partial charge is 0.409 e. The molecule has 0 radical (unpaired) electrons. The lowest BCUT2D eigenvalue weighted by atomic mass is 9.56. The molecule has 4 aliphatic rings. The molecule has 4 fully saturated rings. The van der Waals surface area contributed by atoms with Gasteiger partial charge in [0, 0.05) is 39.3 Å². The van der Waals surface area contributed by atoms with Crippen LogP contribution in [0.2, 0.25) is 0 Å². The molecule has 1 N–H and O–H groups in total. The maximum atomic E-state index is 15.7. The van der Waals surface area contributed by atoms with E-state index in [1.165, 1.54) is 49.9 Å². The number of likely N-dealkylation sites (tertiary alicyclic amines) is 2. The third kappa shape index (κ3) is 8.64. The van der Waals surface area contributed by atoms with Crippen molar-refractivity contribution in [1.82, 2.24) is 14.7 Å². The van der Waals surface area contributed by atoms with Gasteiger partial charge in [0.15, 0.2) is 0 Å². The van der Waals surface area contributed by atoms with Crippen molar-refractivity contribution in [3.05, 3.63) is 96.6 Å². The first-order valence-electron chi connectivity index (χ1n) is 20.7. The Labute approximate surface area is 348 Å². The highest BCUT2D eigenvalue weighted by molar-refractivity contribution is 7.91. The Kier molecular flexibility index (Phi) is 12.8. The molecule has 1 aliphatic carbocycles. The average molecular weight is 836 g/mol. The number of piperidine rings is 1. The molecule has 0 aromatic heterocycles. The van der Waals surface area contributed by atoms with Crippen LogP contribution in [0.3, 0.4) is 0 Å². The molecule has 0 bridgehead atoms. The number of carbonyl (C=O) groups excluding carboxylic acids is 2. The number of benzene rings is 3. The maximum absolute atomic E-state index is 15.7. The van der Waals surface area contributed by atoms with E-state index in [0.29, 0.717) is 25.3 Å². The molecule has 3 heterocycles. The number of sulfone groups is 1. The van der Waals surface area contributed by atoms with Crippen LogP contribution >= 0.6 is 0 Å². The van der Waals surface area contributed by atoms with Gasteiger partial charge in [-0.1, -0.05) is 31.2 Å². The Bertz CT molecular complexity index is 2130. The van der Waals surface area contributed by atoms with Crippen LogP contribution in [-0.4, -0.2) is 120 Å². The minimum absolute atomic E-state index is 0. The third-order valence-corrected chi connectivity index (χ3v) is 15.4. The van der Waals surface area contributed by atoms with Gasteiger partial charge in [-0.15, -0.1) is 0 Å². The fraction of sp³-hybridized carbons (Fsp3) is 0.511. The number of amides is 2. The lowest BCUT2D eigenvalue weighted by molar-refractivity contribution is -0.111. The zero-order valence-electron chi connectivity index (χ0n) is 34.4. The lowest BCUT2D eigenvalue weighted by Crippen LogP contribution is -2.68. The van der Waals surface area contributed by atoms with Gasteiger partial charge in [-0.05, 0) is 143 Å². The van der Waals surface area contributed by atoms with Crippen molar-refractivity contribution < 1.29 is 37.7 Å². The van der Waals surface area contributed by atoms with Crippen LogP contribution in [0.4, 0.5) is 25.0 Å². The van der Waals surface area contributed by atoms with Gasteiger partial charge in [0.05, 0.1) is 35.7 Å². The van der Waals surface area contributed by atoms with E-state index in [1.807, 2.05) is 18.0 Å². The van der Waals surface area contributed by atoms with E-state index < -0.39 is 27.2 Å². The van der Waals surface area contributed by atoms with Crippen molar-refractivity contribution in [3.63, 3.8) is 0 Å². The molecular weight excluding hydrogens is 777 g/mol. The molecule has 3 atom stereocenters. The number of nitrogens with zero attached hydrogens (tertiary/aromatic N) is 4. The van der Waals surface area contributed by atoms with Gasteiger partial charge in [0.2, 0.25) is 15.7 Å². The number of carbonyl (C=O) groups is 2. The quantitative estimate of drug-likeness (QED) is 0.162. The topological polar surface area (TPSA) is 112 Å². The molecular formula is C45H59F2N5O6S. The largest absolute Gasteiger partial charge is 0.453 e. The first-order valence-corrected chi connectivity index (χ1v) is 22.2. The normalized spacial score (nSPS) is 22.2. The van der Waals surface area contributed by atoms with Gasteiger partial charge in [-0.25, -0.2) is 22.0 Å². The van der Waals surface area contributed by atoms with Crippen molar-refractivity contribution in [2.45, 2.75) is 71.8 Å². The Morgan fingerprint density at radius 2 is 1.68 bits per heavy atom. The molecule has 14 heteroatoms. The summed E-state index contributed by atoms with van der Waals surface area (Å²) in [5, 5.41) is 2.55. The molecule has 0 unspecified atom stereocenters. The number of hydrogen-bond acceptors (Lipinski definition) is 9. The average Bonchev–Trinajstić information content (AvgIpc) is 3.70. The summed E-state index contributed by atoms with van der Waals surface area (Å²) in [7, 11) is 0.874. The molecule has 3 aromatic rings. The van der Waals surface area contributed by atoms with Crippen LogP contribution < -0.4 is 10.2 Å². The van der Waals surface area contributed by atoms with Crippen molar-refractivity contribution in [2.75, 3.05) is 83.8 Å². The predicted octanol–water partition coefficient (Wildman–Crippen LogP) is 6.99. The molecule has 3 aromatic carbocycles. The second-order valence-electron chi connectivity index (χ2n) is 16.8. The number of hydrogen-bond donors (Lipinski definition) is 1. The number of halogens is 2. The molecule has 320 valence electrons. The van der Waals surface area contributed by atoms with Crippen molar-refractivity contribution >= 4 is 33.2 Å². The molecule has 3 saturated heterocycles. The summed E-state index contributed by atoms with van der Waals surface area (Å²) >= 11 is 0. The van der Waals surface area contributed by atoms with Gasteiger partial charge in [0.25, 0.3) is 0 Å². The first kappa shape index (κ1) is 42.7. The number of methoxy groups -OCH3 is 2. The summed E-state index contributed by atoms with van der Waals surface area (Å²) in [5.74, 6) is -0.969. The van der Waals surface area contributed by atoms with Crippen LogP contribution in [0.25, 0.3) is 0 Å². The van der Waals surface area contributed by atoms with E-state index in [0.717, 1.165) is 89.0 Å². The number of nitrogens with one attached hydrogen (secondary N) is 1. The fourth-order valence-corrected chi connectivity index (χ4v) is 11.7. The van der Waals surface area contributed by atoms with Crippen molar-refractivity contribution in [1.29, 1.82) is 0 Å². The SMILES string of the molecule is C=CC(=O)Nc1cccc(S(=O)(=O)c2ccc(N3CC(CN4CCC([C@@](CCN5CCC5)(c5cccc(F)c5)[C@H]5CCC[C@@H]5N(C)C(=O)OC)CC4)(OC)C3)c(F)c2)c1.[HH]. The van der Waals surface area contributed by atoms with Gasteiger partial charge in [0.1, 0.15) is 17.2 Å². The first-order chi connectivity index (χ1) is 28.3. The monoisotopic (exact) mass is 835 g/mol. The summed E-state index contributed by atoms with van der Waals surface area (Å²) in [6.07, 6.45) is 7.46. The second-order valence-corrected chi connectivity index (χ2v) is 18.8. The predicted molar refractivity (Wildman–Crippen MR) is 225 cm³/mol. The highest BCUT2D eigenvalue weighted by Gasteiger charge is 2.54.